The number of halogens is 3. The Morgan fingerprint density at radius 1 is 1.36 bits per heavy atom. The van der Waals surface area contributed by atoms with Crippen LogP contribution in [0.3, 0.4) is 0 Å². The quantitative estimate of drug-likeness (QED) is 0.320. The molecule has 8 heteroatoms. The van der Waals surface area contributed by atoms with E-state index in [1.54, 1.807) is 30.4 Å². The largest absolute Gasteiger partial charge is 0.384 e. The van der Waals surface area contributed by atoms with E-state index in [4.69, 9.17) is 11.6 Å². The Balaban J connectivity index is 0.00000312. The highest BCUT2D eigenvalue weighted by atomic mass is 127. The highest BCUT2D eigenvalue weighted by Gasteiger charge is 2.23. The summed E-state index contributed by atoms with van der Waals surface area (Å²) >= 11 is 7.33. The van der Waals surface area contributed by atoms with Crippen molar-refractivity contribution in [3.05, 3.63) is 57.0 Å². The molecule has 0 fully saturated rings. The smallest absolute Gasteiger partial charge is 0.191 e. The van der Waals surface area contributed by atoms with Crippen LogP contribution in [-0.4, -0.2) is 24.2 Å². The minimum Gasteiger partial charge on any atom is -0.384 e. The number of nitrogens with one attached hydrogen (secondary N) is 2. The van der Waals surface area contributed by atoms with Gasteiger partial charge in [-0.15, -0.1) is 24.0 Å². The van der Waals surface area contributed by atoms with Crippen LogP contribution in [0.15, 0.2) is 40.0 Å². The van der Waals surface area contributed by atoms with Gasteiger partial charge in [-0.3, -0.25) is 0 Å². The topological polar surface area (TPSA) is 56.7 Å². The lowest BCUT2D eigenvalue weighted by Gasteiger charge is -2.24. The number of thiophene rings is 1. The zero-order valence-electron chi connectivity index (χ0n) is 14.1. The lowest BCUT2D eigenvalue weighted by atomic mass is 9.99. The Kier molecular flexibility index (Phi) is 9.12. The predicted octanol–water partition coefficient (Wildman–Crippen LogP) is 4.12. The van der Waals surface area contributed by atoms with Gasteiger partial charge in [-0.1, -0.05) is 17.7 Å². The van der Waals surface area contributed by atoms with Crippen molar-refractivity contribution in [2.24, 2.45) is 4.99 Å². The molecule has 2 aromatic rings. The van der Waals surface area contributed by atoms with Crippen molar-refractivity contribution in [1.29, 1.82) is 0 Å². The number of aliphatic imine (C=N–C) groups is 1. The van der Waals surface area contributed by atoms with Crippen molar-refractivity contribution < 1.29 is 9.50 Å². The van der Waals surface area contributed by atoms with Crippen molar-refractivity contribution in [1.82, 2.24) is 10.6 Å². The van der Waals surface area contributed by atoms with Crippen LogP contribution in [0.2, 0.25) is 5.02 Å². The molecule has 0 saturated carbocycles. The molecule has 0 aliphatic rings. The summed E-state index contributed by atoms with van der Waals surface area (Å²) in [5.74, 6) is 0.134. The minimum absolute atomic E-state index is 0. The maximum Gasteiger partial charge on any atom is 0.191 e. The van der Waals surface area contributed by atoms with E-state index >= 15 is 0 Å². The van der Waals surface area contributed by atoms with Crippen LogP contribution in [0.25, 0.3) is 0 Å². The van der Waals surface area contributed by atoms with Gasteiger partial charge in [-0.25, -0.2) is 9.38 Å². The third-order valence-electron chi connectivity index (χ3n) is 3.49. The summed E-state index contributed by atoms with van der Waals surface area (Å²) in [6.07, 6.45) is 0. The number of aliphatic hydroxyl groups is 1. The Morgan fingerprint density at radius 3 is 2.72 bits per heavy atom. The summed E-state index contributed by atoms with van der Waals surface area (Å²) in [4.78, 5) is 4.44. The molecule has 1 heterocycles. The van der Waals surface area contributed by atoms with Gasteiger partial charge in [0, 0.05) is 6.54 Å². The van der Waals surface area contributed by atoms with Gasteiger partial charge < -0.3 is 15.7 Å². The van der Waals surface area contributed by atoms with E-state index in [-0.39, 0.29) is 29.0 Å². The number of rotatable bonds is 6. The fourth-order valence-corrected chi connectivity index (χ4v) is 3.06. The predicted molar refractivity (Wildman–Crippen MR) is 114 cm³/mol. The minimum atomic E-state index is -0.991. The average Bonchev–Trinajstić information content (AvgIpc) is 3.09. The highest BCUT2D eigenvalue weighted by Crippen LogP contribution is 2.22. The first-order valence-electron chi connectivity index (χ1n) is 7.63. The number of nitrogens with zero attached hydrogens (tertiary/aromatic N) is 1. The molecule has 1 atom stereocenters. The molecule has 0 saturated heterocycles. The second-order valence-corrected chi connectivity index (χ2v) is 6.77. The lowest BCUT2D eigenvalue weighted by Crippen LogP contribution is -2.44. The molecule has 0 bridgehead atoms. The van der Waals surface area contributed by atoms with Crippen molar-refractivity contribution in [2.75, 3.05) is 13.1 Å². The lowest BCUT2D eigenvalue weighted by molar-refractivity contribution is 0.0621. The summed E-state index contributed by atoms with van der Waals surface area (Å²) < 4.78 is 13.2. The Labute approximate surface area is 173 Å². The average molecular weight is 498 g/mol. The van der Waals surface area contributed by atoms with E-state index in [1.165, 1.54) is 6.07 Å². The molecular weight excluding hydrogens is 476 g/mol. The fraction of sp³-hybridized carbons (Fsp3) is 0.353. The van der Waals surface area contributed by atoms with Gasteiger partial charge >= 0.3 is 0 Å². The Hall–Kier alpha value is -0.900. The van der Waals surface area contributed by atoms with E-state index in [0.29, 0.717) is 25.6 Å². The van der Waals surface area contributed by atoms with E-state index in [0.717, 1.165) is 11.1 Å². The molecule has 138 valence electrons. The SMILES string of the molecule is CCNC(=NCc1ccc(F)c(Cl)c1)NCC(C)(O)c1ccsc1.I. The van der Waals surface area contributed by atoms with Crippen LogP contribution in [-0.2, 0) is 12.1 Å². The third kappa shape index (κ3) is 6.73. The Morgan fingerprint density at radius 2 is 2.12 bits per heavy atom. The molecule has 1 unspecified atom stereocenters. The second kappa shape index (κ2) is 10.3. The van der Waals surface area contributed by atoms with Gasteiger partial charge in [0.05, 0.1) is 18.1 Å². The molecule has 0 aliphatic heterocycles. The van der Waals surface area contributed by atoms with Crippen molar-refractivity contribution in [2.45, 2.75) is 26.0 Å². The molecule has 0 aliphatic carbocycles. The van der Waals surface area contributed by atoms with Crippen LogP contribution < -0.4 is 10.6 Å². The van der Waals surface area contributed by atoms with E-state index in [1.807, 2.05) is 23.8 Å². The van der Waals surface area contributed by atoms with Crippen LogP contribution in [0, 0.1) is 5.82 Å². The molecule has 1 aromatic heterocycles. The molecule has 2 rings (SSSR count). The molecular formula is C17H22ClFIN3OS. The summed E-state index contributed by atoms with van der Waals surface area (Å²) in [5.41, 5.74) is 0.680. The number of guanidine groups is 1. The van der Waals surface area contributed by atoms with E-state index in [2.05, 4.69) is 15.6 Å². The standard InChI is InChI=1S/C17H21ClFN3OS.HI/c1-3-20-16(21-9-12-4-5-15(19)14(18)8-12)22-11-17(2,23)13-6-7-24-10-13;/h4-8,10,23H,3,9,11H2,1-2H3,(H2,20,21,22);1H. The summed E-state index contributed by atoms with van der Waals surface area (Å²) in [7, 11) is 0. The number of hydrogen-bond acceptors (Lipinski definition) is 3. The molecule has 1 aromatic carbocycles. The van der Waals surface area contributed by atoms with E-state index < -0.39 is 11.4 Å². The van der Waals surface area contributed by atoms with Gasteiger partial charge in [0.1, 0.15) is 11.4 Å². The monoisotopic (exact) mass is 497 g/mol. The first-order chi connectivity index (χ1) is 11.4. The van der Waals surface area contributed by atoms with Gasteiger partial charge in [0.15, 0.2) is 5.96 Å². The van der Waals surface area contributed by atoms with Crippen molar-refractivity contribution in [3.63, 3.8) is 0 Å². The van der Waals surface area contributed by atoms with E-state index in [9.17, 15) is 9.50 Å². The zero-order valence-corrected chi connectivity index (χ0v) is 18.0. The molecule has 25 heavy (non-hydrogen) atoms. The molecule has 0 radical (unpaired) electrons. The fourth-order valence-electron chi connectivity index (χ4n) is 2.08. The van der Waals surface area contributed by atoms with Crippen LogP contribution in [0.1, 0.15) is 25.0 Å². The normalized spacial score (nSPS) is 13.7. The van der Waals surface area contributed by atoms with Crippen LogP contribution >= 0.6 is 46.9 Å². The van der Waals surface area contributed by atoms with Gasteiger partial charge in [-0.2, -0.15) is 11.3 Å². The maximum atomic E-state index is 13.2. The second-order valence-electron chi connectivity index (χ2n) is 5.58. The number of benzene rings is 1. The highest BCUT2D eigenvalue weighted by molar-refractivity contribution is 14.0. The van der Waals surface area contributed by atoms with Crippen LogP contribution in [0.4, 0.5) is 4.39 Å². The Bertz CT molecular complexity index is 695. The summed E-state index contributed by atoms with van der Waals surface area (Å²) in [6, 6.07) is 6.44. The first kappa shape index (κ1) is 22.1. The van der Waals surface area contributed by atoms with Crippen LogP contribution in [0.5, 0.6) is 0 Å². The van der Waals surface area contributed by atoms with Crippen molar-refractivity contribution >= 4 is 52.9 Å². The first-order valence-corrected chi connectivity index (χ1v) is 8.95. The van der Waals surface area contributed by atoms with Gasteiger partial charge in [0.2, 0.25) is 0 Å². The molecule has 0 amide bonds. The van der Waals surface area contributed by atoms with Crippen molar-refractivity contribution in [3.8, 4) is 0 Å². The maximum absolute atomic E-state index is 13.2. The van der Waals surface area contributed by atoms with Gasteiger partial charge in [0.25, 0.3) is 0 Å². The number of hydrogen-bond donors (Lipinski definition) is 3. The molecule has 0 spiro atoms. The molecule has 3 N–H and O–H groups in total. The summed E-state index contributed by atoms with van der Waals surface area (Å²) in [5, 5.41) is 20.7. The zero-order chi connectivity index (χ0) is 17.6. The van der Waals surface area contributed by atoms with Gasteiger partial charge in [-0.05, 0) is 53.9 Å². The molecule has 4 nitrogen and oxygen atoms in total. The summed E-state index contributed by atoms with van der Waals surface area (Å²) in [6.45, 7) is 5.08. The third-order valence-corrected chi connectivity index (χ3v) is 4.46.